The first-order valence-corrected chi connectivity index (χ1v) is 23.8. The van der Waals surface area contributed by atoms with Crippen molar-refractivity contribution in [3.63, 3.8) is 0 Å². The fourth-order valence-electron chi connectivity index (χ4n) is 5.82. The number of hydrogen-bond acceptors (Lipinski definition) is 8. The second-order valence-corrected chi connectivity index (χ2v) is 17.5. The largest absolute Gasteiger partial charge is 0.756 e. The Morgan fingerprint density at radius 2 is 1.07 bits per heavy atom. The van der Waals surface area contributed by atoms with Crippen LogP contribution in [0.3, 0.4) is 0 Å². The van der Waals surface area contributed by atoms with Crippen LogP contribution in [0.25, 0.3) is 0 Å². The first-order valence-electron chi connectivity index (χ1n) is 22.3. The smallest absolute Gasteiger partial charge is 0.306 e. The van der Waals surface area contributed by atoms with Crippen LogP contribution in [0, 0.1) is 0 Å². The van der Waals surface area contributed by atoms with Crippen molar-refractivity contribution >= 4 is 19.8 Å². The number of quaternary nitrogens is 1. The fraction of sp³-hybridized carbons (Fsp3) is 0.783. The summed E-state index contributed by atoms with van der Waals surface area (Å²) in [6, 6.07) is 0. The standard InChI is InChI=1S/C46H84NO8P/c1-6-8-10-12-14-16-18-20-22-23-25-27-29-31-33-35-37-39-46(49)55-44(43-54-56(50,51)53-41-40-47(3,4)5)42-52-45(48)38-36-34-32-30-28-26-24-21-19-17-15-13-11-9-7-2/h14,16,20,22,25,27,31,33,44H,6-13,15,17-19,21,23-24,26,28-30,32,34-43H2,1-5H3/b16-14-,22-20-,27-25-,33-31-/t44-/m1/s1/i46+2. The molecule has 0 amide bonds. The Bertz CT molecular complexity index is 1100. The lowest BCUT2D eigenvalue weighted by atomic mass is 10.0. The summed E-state index contributed by atoms with van der Waals surface area (Å²) in [7, 11) is 1.13. The summed E-state index contributed by atoms with van der Waals surface area (Å²) in [5.41, 5.74) is 0. The zero-order valence-corrected chi connectivity index (χ0v) is 37.5. The van der Waals surface area contributed by atoms with E-state index < -0.39 is 32.5 Å². The molecule has 0 aliphatic rings. The summed E-state index contributed by atoms with van der Waals surface area (Å²) in [5.74, 6) is -0.898. The Morgan fingerprint density at radius 1 is 0.625 bits per heavy atom. The van der Waals surface area contributed by atoms with Gasteiger partial charge in [-0.15, -0.1) is 0 Å². The fourth-order valence-corrected chi connectivity index (χ4v) is 6.55. The highest BCUT2D eigenvalue weighted by atomic mass is 31.2. The van der Waals surface area contributed by atoms with Crippen LogP contribution < -0.4 is 4.89 Å². The Morgan fingerprint density at radius 3 is 1.57 bits per heavy atom. The van der Waals surface area contributed by atoms with E-state index in [0.29, 0.717) is 23.9 Å². The van der Waals surface area contributed by atoms with E-state index in [-0.39, 0.29) is 26.1 Å². The molecule has 0 saturated heterocycles. The second-order valence-electron chi connectivity index (χ2n) is 16.1. The number of nitrogens with zero attached hydrogens (tertiary/aromatic N) is 1. The number of phosphoric ester groups is 1. The SMILES string of the molecule is CCCCC/C=C\C/C=C\C/C=C\C/C=C\CCC[14C](=O)O[C@H](COC(=O)CCCCCCCCCCCCCCCCC)COP(=O)([O-])OCC[N+](C)(C)C. The normalized spacial score (nSPS) is 14.0. The molecule has 0 aliphatic heterocycles. The molecule has 10 heteroatoms. The number of likely N-dealkylation sites (N-methyl/N-ethyl adjacent to an activating group) is 1. The molecular formula is C46H84NO8P. The van der Waals surface area contributed by atoms with Crippen LogP contribution in [0.1, 0.15) is 181 Å². The summed E-state index contributed by atoms with van der Waals surface area (Å²) in [5, 5.41) is 0. The van der Waals surface area contributed by atoms with Gasteiger partial charge >= 0.3 is 11.9 Å². The van der Waals surface area contributed by atoms with Crippen molar-refractivity contribution in [1.29, 1.82) is 0 Å². The van der Waals surface area contributed by atoms with Crippen LogP contribution in [-0.2, 0) is 32.7 Å². The van der Waals surface area contributed by atoms with Crippen molar-refractivity contribution in [3.05, 3.63) is 48.6 Å². The lowest BCUT2D eigenvalue weighted by Gasteiger charge is -2.28. The van der Waals surface area contributed by atoms with Gasteiger partial charge < -0.3 is 27.9 Å². The van der Waals surface area contributed by atoms with Gasteiger partial charge in [0.1, 0.15) is 19.8 Å². The Labute approximate surface area is 343 Å². The molecule has 326 valence electrons. The predicted octanol–water partition coefficient (Wildman–Crippen LogP) is 12.1. The third-order valence-corrected chi connectivity index (χ3v) is 10.3. The van der Waals surface area contributed by atoms with Gasteiger partial charge in [0.2, 0.25) is 0 Å². The zero-order valence-electron chi connectivity index (χ0n) is 36.6. The molecule has 56 heavy (non-hydrogen) atoms. The van der Waals surface area contributed by atoms with Crippen molar-refractivity contribution in [2.75, 3.05) is 47.5 Å². The molecule has 0 radical (unpaired) electrons. The van der Waals surface area contributed by atoms with Gasteiger partial charge in [0, 0.05) is 12.8 Å². The molecule has 0 spiro atoms. The summed E-state index contributed by atoms with van der Waals surface area (Å²) >= 11 is 0. The van der Waals surface area contributed by atoms with Crippen molar-refractivity contribution in [1.82, 2.24) is 0 Å². The summed E-state index contributed by atoms with van der Waals surface area (Å²) < 4.78 is 33.8. The van der Waals surface area contributed by atoms with Crippen LogP contribution in [-0.4, -0.2) is 70.0 Å². The average molecular weight is 812 g/mol. The van der Waals surface area contributed by atoms with E-state index in [1.165, 1.54) is 103 Å². The molecule has 0 heterocycles. The van der Waals surface area contributed by atoms with Gasteiger partial charge in [0.15, 0.2) is 6.10 Å². The lowest BCUT2D eigenvalue weighted by molar-refractivity contribution is -0.870. The Hall–Kier alpha value is -2.03. The van der Waals surface area contributed by atoms with Gasteiger partial charge in [-0.2, -0.15) is 0 Å². The quantitative estimate of drug-likeness (QED) is 0.0198. The molecule has 0 N–H and O–H groups in total. The van der Waals surface area contributed by atoms with Crippen LogP contribution in [0.4, 0.5) is 0 Å². The minimum Gasteiger partial charge on any atom is -0.756 e. The molecule has 0 aliphatic carbocycles. The van der Waals surface area contributed by atoms with E-state index in [4.69, 9.17) is 18.5 Å². The van der Waals surface area contributed by atoms with E-state index in [2.05, 4.69) is 56.4 Å². The predicted molar refractivity (Wildman–Crippen MR) is 231 cm³/mol. The van der Waals surface area contributed by atoms with E-state index in [9.17, 15) is 19.0 Å². The molecule has 0 aromatic heterocycles. The highest BCUT2D eigenvalue weighted by Crippen LogP contribution is 2.38. The molecule has 0 bridgehead atoms. The van der Waals surface area contributed by atoms with Crippen LogP contribution >= 0.6 is 7.82 Å². The van der Waals surface area contributed by atoms with E-state index in [1.807, 2.05) is 27.2 Å². The van der Waals surface area contributed by atoms with Gasteiger partial charge in [0.05, 0.1) is 27.7 Å². The molecule has 1 unspecified atom stereocenters. The number of rotatable bonds is 40. The van der Waals surface area contributed by atoms with E-state index in [0.717, 1.165) is 38.5 Å². The first-order chi connectivity index (χ1) is 27.0. The van der Waals surface area contributed by atoms with Gasteiger partial charge in [-0.1, -0.05) is 165 Å². The number of carbonyl (C=O) groups is 2. The minimum absolute atomic E-state index is 0.0412. The molecule has 0 aromatic rings. The van der Waals surface area contributed by atoms with Gasteiger partial charge in [0.25, 0.3) is 7.82 Å². The number of hydrogen-bond donors (Lipinski definition) is 0. The molecule has 0 saturated carbocycles. The monoisotopic (exact) mass is 812 g/mol. The third kappa shape index (κ3) is 41.6. The molecule has 0 fully saturated rings. The van der Waals surface area contributed by atoms with Crippen LogP contribution in [0.15, 0.2) is 48.6 Å². The van der Waals surface area contributed by atoms with E-state index >= 15 is 0 Å². The zero-order chi connectivity index (χ0) is 41.4. The van der Waals surface area contributed by atoms with Gasteiger partial charge in [-0.25, -0.2) is 0 Å². The number of ether oxygens (including phenoxy) is 2. The van der Waals surface area contributed by atoms with Crippen molar-refractivity contribution < 1.29 is 42.1 Å². The average Bonchev–Trinajstić information content (AvgIpc) is 3.15. The van der Waals surface area contributed by atoms with Crippen LogP contribution in [0.2, 0.25) is 0 Å². The van der Waals surface area contributed by atoms with Crippen molar-refractivity contribution in [2.24, 2.45) is 0 Å². The summed E-state index contributed by atoms with van der Waals surface area (Å²) in [4.78, 5) is 37.5. The van der Waals surface area contributed by atoms with Crippen molar-refractivity contribution in [2.45, 2.75) is 187 Å². The number of esters is 2. The van der Waals surface area contributed by atoms with E-state index in [1.54, 1.807) is 0 Å². The second kappa shape index (κ2) is 38.5. The maximum absolute atomic E-state index is 12.6. The summed E-state index contributed by atoms with van der Waals surface area (Å²) in [6.45, 7) is 4.14. The van der Waals surface area contributed by atoms with Crippen LogP contribution in [0.5, 0.6) is 0 Å². The molecular weight excluding hydrogens is 727 g/mol. The number of unbranched alkanes of at least 4 members (excludes halogenated alkanes) is 18. The molecule has 0 aromatic carbocycles. The van der Waals surface area contributed by atoms with Gasteiger partial charge in [-0.3, -0.25) is 14.2 Å². The third-order valence-electron chi connectivity index (χ3n) is 9.35. The maximum Gasteiger partial charge on any atom is 0.306 e. The lowest BCUT2D eigenvalue weighted by Crippen LogP contribution is -2.37. The number of phosphoric acid groups is 1. The number of carbonyl (C=O) groups excluding carboxylic acids is 2. The highest BCUT2D eigenvalue weighted by molar-refractivity contribution is 7.45. The first kappa shape index (κ1) is 54.0. The molecule has 0 rings (SSSR count). The minimum atomic E-state index is -4.64. The maximum atomic E-state index is 12.6. The highest BCUT2D eigenvalue weighted by Gasteiger charge is 2.21. The Balaban J connectivity index is 4.45. The molecule has 2 atom stereocenters. The Kier molecular flexibility index (Phi) is 37.1. The van der Waals surface area contributed by atoms with Gasteiger partial charge in [-0.05, 0) is 51.4 Å². The molecule has 9 nitrogen and oxygen atoms in total. The van der Waals surface area contributed by atoms with Crippen molar-refractivity contribution in [3.8, 4) is 0 Å². The topological polar surface area (TPSA) is 111 Å². The summed E-state index contributed by atoms with van der Waals surface area (Å²) in [6.07, 6.45) is 44.3. The number of allylic oxidation sites excluding steroid dienone is 8.